The molecule has 1 atom stereocenters. The zero-order valence-corrected chi connectivity index (χ0v) is 18.4. The van der Waals surface area contributed by atoms with Crippen LogP contribution in [0.4, 0.5) is 5.95 Å². The molecule has 0 N–H and O–H groups in total. The lowest BCUT2D eigenvalue weighted by atomic mass is 10.1. The van der Waals surface area contributed by atoms with E-state index in [4.69, 9.17) is 9.72 Å². The zero-order valence-electron chi connectivity index (χ0n) is 17.6. The van der Waals surface area contributed by atoms with Crippen LogP contribution in [0.15, 0.2) is 66.9 Å². The van der Waals surface area contributed by atoms with Gasteiger partial charge in [0.2, 0.25) is 5.95 Å². The lowest BCUT2D eigenvalue weighted by Gasteiger charge is -2.32. The van der Waals surface area contributed by atoms with Gasteiger partial charge in [0.25, 0.3) is 0 Å². The van der Waals surface area contributed by atoms with E-state index in [1.54, 1.807) is 17.5 Å². The Morgan fingerprint density at radius 3 is 2.59 bits per heavy atom. The van der Waals surface area contributed by atoms with Gasteiger partial charge in [-0.05, 0) is 36.6 Å². The summed E-state index contributed by atoms with van der Waals surface area (Å²) in [5.74, 6) is 0.172. The lowest BCUT2D eigenvalue weighted by Crippen LogP contribution is -2.38. The van der Waals surface area contributed by atoms with Crippen molar-refractivity contribution >= 4 is 27.5 Å². The van der Waals surface area contributed by atoms with Crippen molar-refractivity contribution in [1.29, 1.82) is 5.26 Å². The van der Waals surface area contributed by atoms with Gasteiger partial charge < -0.3 is 9.64 Å². The maximum atomic E-state index is 9.87. The normalized spacial score (nSPS) is 15.5. The molecule has 0 spiro atoms. The van der Waals surface area contributed by atoms with E-state index in [1.165, 1.54) is 5.56 Å². The van der Waals surface area contributed by atoms with E-state index in [0.29, 0.717) is 18.2 Å². The highest BCUT2D eigenvalue weighted by Crippen LogP contribution is 2.31. The van der Waals surface area contributed by atoms with Crippen molar-refractivity contribution in [1.82, 2.24) is 15.0 Å². The molecule has 6 nitrogen and oxygen atoms in total. The van der Waals surface area contributed by atoms with Crippen molar-refractivity contribution in [3.63, 3.8) is 0 Å². The lowest BCUT2D eigenvalue weighted by molar-refractivity contribution is 0.0249. The van der Waals surface area contributed by atoms with Gasteiger partial charge in [-0.3, -0.25) is 0 Å². The van der Waals surface area contributed by atoms with Gasteiger partial charge in [0.15, 0.2) is 0 Å². The summed E-state index contributed by atoms with van der Waals surface area (Å²) < 4.78 is 7.18. The Hall–Kier alpha value is -3.34. The van der Waals surface area contributed by atoms with Crippen LogP contribution in [-0.2, 0) is 11.3 Å². The van der Waals surface area contributed by atoms with Gasteiger partial charge in [0.1, 0.15) is 10.9 Å². The number of hydrogen-bond acceptors (Lipinski definition) is 7. The minimum absolute atomic E-state index is 0.240. The van der Waals surface area contributed by atoms with Crippen LogP contribution in [0.3, 0.4) is 0 Å². The molecular formula is C25H23N5OS. The van der Waals surface area contributed by atoms with Gasteiger partial charge in [-0.2, -0.15) is 5.26 Å². The molecule has 3 heterocycles. The van der Waals surface area contributed by atoms with Gasteiger partial charge in [-0.1, -0.05) is 42.5 Å². The SMILES string of the molecule is N#CC(c1ccnc(N2CCC(OCc3ccccc3)CC2)n1)c1nc2ccccc2s1. The third kappa shape index (κ3) is 4.47. The highest BCUT2D eigenvalue weighted by atomic mass is 32.1. The molecule has 0 amide bonds. The predicted molar refractivity (Wildman–Crippen MR) is 126 cm³/mol. The number of anilines is 1. The number of benzene rings is 2. The number of fused-ring (bicyclic) bond motifs is 1. The smallest absolute Gasteiger partial charge is 0.225 e. The molecule has 0 saturated carbocycles. The summed E-state index contributed by atoms with van der Waals surface area (Å²) in [6.07, 6.45) is 3.84. The summed E-state index contributed by atoms with van der Waals surface area (Å²) in [5.41, 5.74) is 2.81. The van der Waals surface area contributed by atoms with Gasteiger partial charge in [0, 0.05) is 19.3 Å². The van der Waals surface area contributed by atoms with Crippen LogP contribution in [0.5, 0.6) is 0 Å². The standard InChI is InChI=1S/C25H23N5OS/c26-16-20(24-28-22-8-4-5-9-23(22)32-24)21-10-13-27-25(29-21)30-14-11-19(12-15-30)31-17-18-6-2-1-3-7-18/h1-10,13,19-20H,11-12,14-15,17H2. The first-order chi connectivity index (χ1) is 15.8. The molecule has 2 aromatic carbocycles. The van der Waals surface area contributed by atoms with E-state index in [0.717, 1.165) is 41.2 Å². The molecule has 4 aromatic rings. The first kappa shape index (κ1) is 20.6. The van der Waals surface area contributed by atoms with Crippen molar-refractivity contribution in [2.45, 2.75) is 31.5 Å². The molecule has 1 unspecified atom stereocenters. The highest BCUT2D eigenvalue weighted by molar-refractivity contribution is 7.18. The fraction of sp³-hybridized carbons (Fsp3) is 0.280. The van der Waals surface area contributed by atoms with Crippen molar-refractivity contribution in [3.8, 4) is 6.07 Å². The molecule has 0 radical (unpaired) electrons. The molecule has 5 rings (SSSR count). The predicted octanol–water partition coefficient (Wildman–Crippen LogP) is 4.93. The zero-order chi connectivity index (χ0) is 21.8. The van der Waals surface area contributed by atoms with Crippen LogP contribution >= 0.6 is 11.3 Å². The third-order valence-electron chi connectivity index (χ3n) is 5.70. The molecular weight excluding hydrogens is 418 g/mol. The van der Waals surface area contributed by atoms with Crippen LogP contribution in [-0.4, -0.2) is 34.1 Å². The molecule has 7 heteroatoms. The minimum Gasteiger partial charge on any atom is -0.373 e. The summed E-state index contributed by atoms with van der Waals surface area (Å²) in [5, 5.41) is 10.6. The van der Waals surface area contributed by atoms with Crippen molar-refractivity contribution in [2.75, 3.05) is 18.0 Å². The Morgan fingerprint density at radius 1 is 1.03 bits per heavy atom. The number of nitrogens with zero attached hydrogens (tertiary/aromatic N) is 5. The van der Waals surface area contributed by atoms with Gasteiger partial charge in [0.05, 0.1) is 34.7 Å². The number of ether oxygens (including phenoxy) is 1. The Bertz CT molecular complexity index is 1190. The number of hydrogen-bond donors (Lipinski definition) is 0. The minimum atomic E-state index is -0.499. The summed E-state index contributed by atoms with van der Waals surface area (Å²) in [4.78, 5) is 16.1. The summed E-state index contributed by atoms with van der Waals surface area (Å²) in [7, 11) is 0. The average Bonchev–Trinajstić information content (AvgIpc) is 3.28. The Labute approximate surface area is 191 Å². The molecule has 0 aliphatic carbocycles. The number of rotatable bonds is 6. The first-order valence-corrected chi connectivity index (χ1v) is 11.6. The van der Waals surface area contributed by atoms with E-state index in [1.807, 2.05) is 48.5 Å². The molecule has 1 fully saturated rings. The van der Waals surface area contributed by atoms with Crippen LogP contribution in [0.25, 0.3) is 10.2 Å². The fourth-order valence-corrected chi connectivity index (χ4v) is 4.97. The number of thiazole rings is 1. The highest BCUT2D eigenvalue weighted by Gasteiger charge is 2.24. The number of nitriles is 1. The van der Waals surface area contributed by atoms with Gasteiger partial charge in [-0.15, -0.1) is 11.3 Å². The molecule has 0 bridgehead atoms. The largest absolute Gasteiger partial charge is 0.373 e. The number of piperidine rings is 1. The average molecular weight is 442 g/mol. The fourth-order valence-electron chi connectivity index (χ4n) is 3.95. The molecule has 1 aliphatic heterocycles. The summed E-state index contributed by atoms with van der Waals surface area (Å²) in [6.45, 7) is 2.31. The van der Waals surface area contributed by atoms with Crippen LogP contribution in [0.2, 0.25) is 0 Å². The summed E-state index contributed by atoms with van der Waals surface area (Å²) in [6, 6.07) is 22.4. The van der Waals surface area contributed by atoms with Crippen molar-refractivity contribution < 1.29 is 4.74 Å². The van der Waals surface area contributed by atoms with Gasteiger partial charge >= 0.3 is 0 Å². The Morgan fingerprint density at radius 2 is 1.81 bits per heavy atom. The van der Waals surface area contributed by atoms with E-state index in [-0.39, 0.29) is 6.10 Å². The van der Waals surface area contributed by atoms with Crippen LogP contribution < -0.4 is 4.90 Å². The third-order valence-corrected chi connectivity index (χ3v) is 6.80. The molecule has 1 saturated heterocycles. The van der Waals surface area contributed by atoms with Crippen molar-refractivity contribution in [2.24, 2.45) is 0 Å². The second kappa shape index (κ2) is 9.43. The van der Waals surface area contributed by atoms with E-state index >= 15 is 0 Å². The molecule has 1 aliphatic rings. The second-order valence-corrected chi connectivity index (χ2v) is 8.91. The maximum absolute atomic E-state index is 9.87. The van der Waals surface area contributed by atoms with Crippen LogP contribution in [0.1, 0.15) is 35.0 Å². The molecule has 160 valence electrons. The van der Waals surface area contributed by atoms with Gasteiger partial charge in [-0.25, -0.2) is 15.0 Å². The topological polar surface area (TPSA) is 74.9 Å². The van der Waals surface area contributed by atoms with E-state index < -0.39 is 5.92 Å². The Balaban J connectivity index is 1.25. The second-order valence-electron chi connectivity index (χ2n) is 7.85. The summed E-state index contributed by atoms with van der Waals surface area (Å²) >= 11 is 1.55. The monoisotopic (exact) mass is 441 g/mol. The van der Waals surface area contributed by atoms with E-state index in [2.05, 4.69) is 33.1 Å². The Kier molecular flexibility index (Phi) is 6.06. The molecule has 2 aromatic heterocycles. The van der Waals surface area contributed by atoms with Crippen molar-refractivity contribution in [3.05, 3.63) is 83.1 Å². The quantitative estimate of drug-likeness (QED) is 0.422. The van der Waals surface area contributed by atoms with Crippen LogP contribution in [0, 0.1) is 11.3 Å². The maximum Gasteiger partial charge on any atom is 0.225 e. The molecule has 32 heavy (non-hydrogen) atoms. The number of para-hydroxylation sites is 1. The first-order valence-electron chi connectivity index (χ1n) is 10.8. The van der Waals surface area contributed by atoms with E-state index in [9.17, 15) is 5.26 Å². The number of aromatic nitrogens is 3.